The molecule has 1 aromatic heterocycles. The molecule has 0 aliphatic carbocycles. The number of piperidine rings is 1. The number of likely N-dealkylation sites (tertiary alicyclic amines) is 1. The van der Waals surface area contributed by atoms with Crippen LogP contribution in [0.15, 0.2) is 30.3 Å². The largest absolute Gasteiger partial charge is 0.508 e. The summed E-state index contributed by atoms with van der Waals surface area (Å²) in [5, 5.41) is 9.40. The number of phenols is 1. The number of hydrogen-bond acceptors (Lipinski definition) is 5. The topological polar surface area (TPSA) is 58.5 Å². The number of benzene rings is 1. The molecule has 1 saturated heterocycles. The van der Waals surface area contributed by atoms with E-state index in [2.05, 4.69) is 14.9 Å². The Morgan fingerprint density at radius 1 is 1.08 bits per heavy atom. The van der Waals surface area contributed by atoms with Crippen LogP contribution in [0.5, 0.6) is 11.6 Å². The Morgan fingerprint density at radius 2 is 1.83 bits per heavy atom. The van der Waals surface area contributed by atoms with Crippen LogP contribution >= 0.6 is 0 Å². The number of rotatable bonds is 6. The summed E-state index contributed by atoms with van der Waals surface area (Å²) in [6, 6.07) is 8.87. The Kier molecular flexibility index (Phi) is 5.64. The van der Waals surface area contributed by atoms with Gasteiger partial charge in [-0.1, -0.05) is 6.42 Å². The molecule has 1 aromatic carbocycles. The standard InChI is InChI=1S/C19H25N3O2/c1-15-20-18(16-6-8-17(23)9-7-16)14-19(21-15)24-13-5-12-22-10-3-2-4-11-22/h6-9,14,23H,2-5,10-13H2,1H3. The van der Waals surface area contributed by atoms with E-state index >= 15 is 0 Å². The highest BCUT2D eigenvalue weighted by Crippen LogP contribution is 2.23. The maximum Gasteiger partial charge on any atom is 0.217 e. The van der Waals surface area contributed by atoms with Crippen molar-refractivity contribution in [1.82, 2.24) is 14.9 Å². The number of hydrogen-bond donors (Lipinski definition) is 1. The van der Waals surface area contributed by atoms with Gasteiger partial charge in [-0.3, -0.25) is 0 Å². The van der Waals surface area contributed by atoms with Crippen molar-refractivity contribution in [3.63, 3.8) is 0 Å². The van der Waals surface area contributed by atoms with E-state index in [1.54, 1.807) is 12.1 Å². The maximum atomic E-state index is 9.40. The molecule has 0 bridgehead atoms. The summed E-state index contributed by atoms with van der Waals surface area (Å²) in [6.45, 7) is 6.07. The van der Waals surface area contributed by atoms with Gasteiger partial charge in [0.1, 0.15) is 11.6 Å². The average Bonchev–Trinajstić information content (AvgIpc) is 2.60. The molecule has 0 spiro atoms. The van der Waals surface area contributed by atoms with Crippen LogP contribution < -0.4 is 4.74 Å². The van der Waals surface area contributed by atoms with Crippen LogP contribution in [0.25, 0.3) is 11.3 Å². The zero-order chi connectivity index (χ0) is 16.8. The SMILES string of the molecule is Cc1nc(OCCCN2CCCCC2)cc(-c2ccc(O)cc2)n1. The van der Waals surface area contributed by atoms with E-state index in [1.807, 2.05) is 25.1 Å². The molecule has 2 heterocycles. The minimum absolute atomic E-state index is 0.249. The van der Waals surface area contributed by atoms with E-state index in [-0.39, 0.29) is 5.75 Å². The molecule has 3 rings (SSSR count). The van der Waals surface area contributed by atoms with E-state index in [0.29, 0.717) is 18.3 Å². The van der Waals surface area contributed by atoms with Gasteiger partial charge in [-0.2, -0.15) is 4.98 Å². The molecule has 0 unspecified atom stereocenters. The molecule has 0 amide bonds. The maximum absolute atomic E-state index is 9.40. The third-order valence-corrected chi connectivity index (χ3v) is 4.29. The van der Waals surface area contributed by atoms with Crippen LogP contribution in [0.4, 0.5) is 0 Å². The molecule has 0 saturated carbocycles. The quantitative estimate of drug-likeness (QED) is 0.824. The minimum Gasteiger partial charge on any atom is -0.508 e. The van der Waals surface area contributed by atoms with Crippen molar-refractivity contribution < 1.29 is 9.84 Å². The fourth-order valence-corrected chi connectivity index (χ4v) is 3.04. The fourth-order valence-electron chi connectivity index (χ4n) is 3.04. The number of ether oxygens (including phenoxy) is 1. The number of aryl methyl sites for hydroxylation is 1. The van der Waals surface area contributed by atoms with Gasteiger partial charge in [-0.15, -0.1) is 0 Å². The second-order valence-corrected chi connectivity index (χ2v) is 6.29. The Balaban J connectivity index is 1.56. The zero-order valence-electron chi connectivity index (χ0n) is 14.2. The van der Waals surface area contributed by atoms with Crippen LogP contribution in [0.3, 0.4) is 0 Å². The lowest BCUT2D eigenvalue weighted by molar-refractivity contribution is 0.203. The van der Waals surface area contributed by atoms with Gasteiger partial charge < -0.3 is 14.7 Å². The second-order valence-electron chi connectivity index (χ2n) is 6.29. The van der Waals surface area contributed by atoms with Crippen molar-refractivity contribution >= 4 is 0 Å². The summed E-state index contributed by atoms with van der Waals surface area (Å²) >= 11 is 0. The molecule has 0 radical (unpaired) electrons. The fraction of sp³-hybridized carbons (Fsp3) is 0.474. The van der Waals surface area contributed by atoms with Crippen LogP contribution in [-0.4, -0.2) is 46.2 Å². The van der Waals surface area contributed by atoms with Gasteiger partial charge in [0.2, 0.25) is 5.88 Å². The minimum atomic E-state index is 0.249. The lowest BCUT2D eigenvalue weighted by atomic mass is 10.1. The smallest absolute Gasteiger partial charge is 0.217 e. The van der Waals surface area contributed by atoms with Crippen LogP contribution in [-0.2, 0) is 0 Å². The first kappa shape index (κ1) is 16.7. The molecule has 24 heavy (non-hydrogen) atoms. The lowest BCUT2D eigenvalue weighted by Gasteiger charge is -2.26. The molecular formula is C19H25N3O2. The van der Waals surface area contributed by atoms with Crippen LogP contribution in [0, 0.1) is 6.92 Å². The Labute approximate surface area is 143 Å². The summed E-state index contributed by atoms with van der Waals surface area (Å²) in [5.41, 5.74) is 1.75. The Bertz CT molecular complexity index is 652. The first-order valence-electron chi connectivity index (χ1n) is 8.71. The van der Waals surface area contributed by atoms with Gasteiger partial charge >= 0.3 is 0 Å². The summed E-state index contributed by atoms with van der Waals surface area (Å²) in [7, 11) is 0. The van der Waals surface area contributed by atoms with Crippen molar-refractivity contribution in [2.75, 3.05) is 26.2 Å². The lowest BCUT2D eigenvalue weighted by Crippen LogP contribution is -2.31. The normalized spacial score (nSPS) is 15.4. The van der Waals surface area contributed by atoms with E-state index in [1.165, 1.54) is 32.4 Å². The van der Waals surface area contributed by atoms with E-state index in [9.17, 15) is 5.11 Å². The summed E-state index contributed by atoms with van der Waals surface area (Å²) in [5.74, 6) is 1.55. The van der Waals surface area contributed by atoms with Crippen molar-refractivity contribution in [3.05, 3.63) is 36.2 Å². The van der Waals surface area contributed by atoms with Gasteiger partial charge in [-0.25, -0.2) is 4.98 Å². The summed E-state index contributed by atoms with van der Waals surface area (Å²) in [6.07, 6.45) is 5.02. The molecule has 0 atom stereocenters. The van der Waals surface area contributed by atoms with Crippen molar-refractivity contribution in [2.24, 2.45) is 0 Å². The van der Waals surface area contributed by atoms with Crippen LogP contribution in [0.2, 0.25) is 0 Å². The third-order valence-electron chi connectivity index (χ3n) is 4.29. The van der Waals surface area contributed by atoms with Crippen molar-refractivity contribution in [3.8, 4) is 22.9 Å². The summed E-state index contributed by atoms with van der Waals surface area (Å²) in [4.78, 5) is 11.3. The predicted molar refractivity (Wildman–Crippen MR) is 94.3 cm³/mol. The van der Waals surface area contributed by atoms with E-state index < -0.39 is 0 Å². The monoisotopic (exact) mass is 327 g/mol. The Hall–Kier alpha value is -2.14. The first-order chi connectivity index (χ1) is 11.7. The number of nitrogens with zero attached hydrogens (tertiary/aromatic N) is 3. The van der Waals surface area contributed by atoms with Crippen molar-refractivity contribution in [1.29, 1.82) is 0 Å². The number of aromatic hydroxyl groups is 1. The van der Waals surface area contributed by atoms with Gasteiger partial charge in [0.15, 0.2) is 0 Å². The highest BCUT2D eigenvalue weighted by molar-refractivity contribution is 5.60. The molecule has 5 nitrogen and oxygen atoms in total. The number of aromatic nitrogens is 2. The molecule has 1 fully saturated rings. The number of phenolic OH excluding ortho intramolecular Hbond substituents is 1. The third kappa shape index (κ3) is 4.68. The van der Waals surface area contributed by atoms with Crippen molar-refractivity contribution in [2.45, 2.75) is 32.6 Å². The van der Waals surface area contributed by atoms with Crippen LogP contribution in [0.1, 0.15) is 31.5 Å². The van der Waals surface area contributed by atoms with Gasteiger partial charge in [0.25, 0.3) is 0 Å². The van der Waals surface area contributed by atoms with Gasteiger partial charge in [0.05, 0.1) is 12.3 Å². The highest BCUT2D eigenvalue weighted by Gasteiger charge is 2.10. The average molecular weight is 327 g/mol. The molecule has 1 N–H and O–H groups in total. The van der Waals surface area contributed by atoms with E-state index in [4.69, 9.17) is 4.74 Å². The molecule has 2 aromatic rings. The highest BCUT2D eigenvalue weighted by atomic mass is 16.5. The van der Waals surface area contributed by atoms with Gasteiger partial charge in [0, 0.05) is 18.2 Å². The molecule has 5 heteroatoms. The zero-order valence-corrected chi connectivity index (χ0v) is 14.2. The predicted octanol–water partition coefficient (Wildman–Crippen LogP) is 3.41. The first-order valence-corrected chi connectivity index (χ1v) is 8.71. The molecule has 128 valence electrons. The summed E-state index contributed by atoms with van der Waals surface area (Å²) < 4.78 is 5.84. The molecule has 1 aliphatic rings. The molecule has 1 aliphatic heterocycles. The Morgan fingerprint density at radius 3 is 2.58 bits per heavy atom. The van der Waals surface area contributed by atoms with E-state index in [0.717, 1.165) is 24.2 Å². The second kappa shape index (κ2) is 8.11. The van der Waals surface area contributed by atoms with Gasteiger partial charge in [-0.05, 0) is 63.5 Å². The molecular weight excluding hydrogens is 302 g/mol.